The minimum absolute atomic E-state index is 0.0285. The van der Waals surface area contributed by atoms with Gasteiger partial charge in [-0.3, -0.25) is 14.4 Å². The number of carbonyl (C=O) groups is 3. The molecular formula is C36H55NO5. The average Bonchev–Trinajstić information content (AvgIpc) is 2.84. The number of allylic oxidation sites excluding steroid dienone is 2. The number of esters is 1. The molecule has 6 aliphatic rings. The van der Waals surface area contributed by atoms with Crippen molar-refractivity contribution in [3.05, 3.63) is 11.6 Å². The number of nitrogens with one attached hydrogen (secondary N) is 1. The summed E-state index contributed by atoms with van der Waals surface area (Å²) in [4.78, 5) is 39.6. The van der Waals surface area contributed by atoms with Crippen molar-refractivity contribution in [2.75, 3.05) is 0 Å². The van der Waals surface area contributed by atoms with Gasteiger partial charge in [-0.25, -0.2) is 0 Å². The predicted molar refractivity (Wildman–Crippen MR) is 162 cm³/mol. The zero-order valence-electron chi connectivity index (χ0n) is 27.5. The van der Waals surface area contributed by atoms with E-state index in [-0.39, 0.29) is 69.7 Å². The fourth-order valence-corrected chi connectivity index (χ4v) is 12.0. The van der Waals surface area contributed by atoms with E-state index < -0.39 is 11.1 Å². The molecule has 0 bridgehead atoms. The number of hydrogen-bond acceptors (Lipinski definition) is 5. The maximum atomic E-state index is 14.5. The van der Waals surface area contributed by atoms with Gasteiger partial charge in [-0.15, -0.1) is 0 Å². The molecule has 6 heteroatoms. The first-order valence-corrected chi connectivity index (χ1v) is 16.8. The molecule has 42 heavy (non-hydrogen) atoms. The highest BCUT2D eigenvalue weighted by molar-refractivity contribution is 5.95. The minimum atomic E-state index is -1.33. The van der Waals surface area contributed by atoms with Gasteiger partial charge in [0.2, 0.25) is 5.91 Å². The molecular weight excluding hydrogens is 526 g/mol. The molecule has 1 amide bonds. The van der Waals surface area contributed by atoms with Crippen molar-refractivity contribution in [1.29, 1.82) is 0 Å². The fourth-order valence-electron chi connectivity index (χ4n) is 12.0. The number of rotatable bonds is 3. The van der Waals surface area contributed by atoms with Crippen LogP contribution in [0, 0.1) is 50.2 Å². The Morgan fingerprint density at radius 1 is 0.905 bits per heavy atom. The first kappa shape index (κ1) is 30.3. The van der Waals surface area contributed by atoms with Crippen LogP contribution in [-0.2, 0) is 19.1 Å². The number of amides is 1. The summed E-state index contributed by atoms with van der Waals surface area (Å²) in [7, 11) is 0. The number of carbonyl (C=O) groups excluding carboxylic acids is 3. The molecule has 6 aliphatic carbocycles. The van der Waals surface area contributed by atoms with Gasteiger partial charge in [0.25, 0.3) is 0 Å². The van der Waals surface area contributed by atoms with E-state index in [0.29, 0.717) is 18.1 Å². The van der Waals surface area contributed by atoms with Crippen molar-refractivity contribution in [3.8, 4) is 0 Å². The van der Waals surface area contributed by atoms with E-state index in [2.05, 4.69) is 52.9 Å². The third kappa shape index (κ3) is 4.15. The lowest BCUT2D eigenvalue weighted by Crippen LogP contribution is -2.66. The molecule has 0 aromatic heterocycles. The van der Waals surface area contributed by atoms with Crippen molar-refractivity contribution in [2.45, 2.75) is 144 Å². The zero-order chi connectivity index (χ0) is 30.7. The zero-order valence-corrected chi connectivity index (χ0v) is 27.5. The highest BCUT2D eigenvalue weighted by Crippen LogP contribution is 2.75. The summed E-state index contributed by atoms with van der Waals surface area (Å²) in [6.45, 7) is 18.0. The molecule has 6 nitrogen and oxygen atoms in total. The van der Waals surface area contributed by atoms with Crippen molar-refractivity contribution < 1.29 is 24.2 Å². The third-order valence-electron chi connectivity index (χ3n) is 14.7. The predicted octanol–water partition coefficient (Wildman–Crippen LogP) is 6.89. The van der Waals surface area contributed by atoms with Crippen LogP contribution in [0.1, 0.15) is 132 Å². The van der Waals surface area contributed by atoms with Gasteiger partial charge in [-0.2, -0.15) is 0 Å². The topological polar surface area (TPSA) is 92.7 Å². The maximum Gasteiger partial charge on any atom is 0.302 e. The number of aliphatic hydroxyl groups is 1. The Morgan fingerprint density at radius 3 is 2.24 bits per heavy atom. The second-order valence-electron chi connectivity index (χ2n) is 17.7. The number of fused-ring (bicyclic) bond motifs is 7. The number of hydrogen-bond donors (Lipinski definition) is 2. The quantitative estimate of drug-likeness (QED) is 0.280. The van der Waals surface area contributed by atoms with Gasteiger partial charge in [-0.1, -0.05) is 60.5 Å². The Bertz CT molecular complexity index is 1230. The van der Waals surface area contributed by atoms with Crippen LogP contribution >= 0.6 is 0 Å². The Labute approximate surface area is 253 Å². The molecule has 8 atom stereocenters. The second kappa shape index (κ2) is 9.17. The van der Waals surface area contributed by atoms with Crippen LogP contribution in [0.15, 0.2) is 11.6 Å². The van der Waals surface area contributed by atoms with Crippen LogP contribution in [0.25, 0.3) is 0 Å². The van der Waals surface area contributed by atoms with Gasteiger partial charge in [0.1, 0.15) is 11.8 Å². The molecule has 2 N–H and O–H groups in total. The van der Waals surface area contributed by atoms with Crippen molar-refractivity contribution in [1.82, 2.24) is 5.32 Å². The molecule has 0 aromatic rings. The van der Waals surface area contributed by atoms with Crippen molar-refractivity contribution in [2.24, 2.45) is 50.2 Å². The molecule has 0 saturated heterocycles. The minimum Gasteiger partial charge on any atom is -0.462 e. The average molecular weight is 582 g/mol. The molecule has 0 heterocycles. The molecule has 6 rings (SSSR count). The highest BCUT2D eigenvalue weighted by atomic mass is 16.5. The largest absolute Gasteiger partial charge is 0.462 e. The van der Waals surface area contributed by atoms with E-state index in [0.717, 1.165) is 38.5 Å². The smallest absolute Gasteiger partial charge is 0.302 e. The maximum absolute atomic E-state index is 14.5. The fraction of sp³-hybridized carbons (Fsp3) is 0.861. The molecule has 0 radical (unpaired) electrons. The molecule has 5 saturated carbocycles. The first-order chi connectivity index (χ1) is 19.3. The lowest BCUT2D eigenvalue weighted by Gasteiger charge is -2.70. The molecule has 0 aromatic carbocycles. The number of ether oxygens (including phenoxy) is 1. The summed E-state index contributed by atoms with van der Waals surface area (Å²) in [5.41, 5.74) is -0.439. The summed E-state index contributed by atoms with van der Waals surface area (Å²) in [5.74, 6) is 0.653. The summed E-state index contributed by atoms with van der Waals surface area (Å²) >= 11 is 0. The van der Waals surface area contributed by atoms with Crippen LogP contribution in [0.4, 0.5) is 0 Å². The van der Waals surface area contributed by atoms with Crippen LogP contribution in [0.2, 0.25) is 0 Å². The molecule has 0 aliphatic heterocycles. The standard InChI is InChI=1S/C36H55NO5/c1-22(38)42-23-19-36(41,20-23)37-29(40)32(5)15-14-31(4)16-17-34(7)24(25(31)21-32)18-26(39)28-33(6)12-9-11-30(2,3)27(33)10-13-35(28,34)8/h18,23,25,27-28,41H,9-17,19-21H2,1-8H3,(H,37,40)/t23?,25-,27?,28-,31-,32+,33+,34-,35-,36?/m1/s1. The van der Waals surface area contributed by atoms with Gasteiger partial charge in [-0.05, 0) is 103 Å². The Hall–Kier alpha value is -1.69. The van der Waals surface area contributed by atoms with Crippen molar-refractivity contribution >= 4 is 17.7 Å². The molecule has 0 spiro atoms. The molecule has 5 fully saturated rings. The van der Waals surface area contributed by atoms with E-state index in [1.54, 1.807) is 0 Å². The normalized spacial score (nSPS) is 51.0. The monoisotopic (exact) mass is 581 g/mol. The van der Waals surface area contributed by atoms with Gasteiger partial charge < -0.3 is 15.2 Å². The summed E-state index contributed by atoms with van der Waals surface area (Å²) in [5, 5.41) is 13.9. The first-order valence-electron chi connectivity index (χ1n) is 16.8. The van der Waals surface area contributed by atoms with Gasteiger partial charge in [0.05, 0.1) is 0 Å². The van der Waals surface area contributed by atoms with E-state index >= 15 is 0 Å². The van der Waals surface area contributed by atoms with E-state index in [4.69, 9.17) is 4.74 Å². The van der Waals surface area contributed by atoms with Gasteiger partial charge in [0, 0.05) is 31.1 Å². The van der Waals surface area contributed by atoms with Crippen LogP contribution in [0.5, 0.6) is 0 Å². The van der Waals surface area contributed by atoms with Crippen LogP contribution in [-0.4, -0.2) is 34.6 Å². The Morgan fingerprint density at radius 2 is 1.57 bits per heavy atom. The van der Waals surface area contributed by atoms with E-state index in [1.807, 2.05) is 6.92 Å². The highest BCUT2D eigenvalue weighted by Gasteiger charge is 2.69. The van der Waals surface area contributed by atoms with E-state index in [1.165, 1.54) is 31.8 Å². The summed E-state index contributed by atoms with van der Waals surface area (Å²) in [6, 6.07) is 0. The SMILES string of the molecule is CC(=O)OC1CC(O)(NC(=O)[C@@]2(C)CC[C@]3(C)CC[C@]4(C)C(=CC(=O)[C@@H]5[C@@]6(C)CCCC(C)(C)C6CC[C@]54C)[C@H]3C2)C1. The second-order valence-corrected chi connectivity index (χ2v) is 17.7. The molecule has 1 unspecified atom stereocenters. The van der Waals surface area contributed by atoms with Crippen LogP contribution < -0.4 is 5.32 Å². The summed E-state index contributed by atoms with van der Waals surface area (Å²) in [6.07, 6.45) is 12.7. The Kier molecular flexibility index (Phi) is 6.63. The van der Waals surface area contributed by atoms with Crippen LogP contribution in [0.3, 0.4) is 0 Å². The van der Waals surface area contributed by atoms with Crippen molar-refractivity contribution in [3.63, 3.8) is 0 Å². The van der Waals surface area contributed by atoms with Gasteiger partial charge in [0.15, 0.2) is 5.78 Å². The lowest BCUT2D eigenvalue weighted by atomic mass is 9.33. The Balaban J connectivity index is 1.30. The number of ketones is 1. The summed E-state index contributed by atoms with van der Waals surface area (Å²) < 4.78 is 5.21. The third-order valence-corrected chi connectivity index (χ3v) is 14.7. The lowest BCUT2D eigenvalue weighted by molar-refractivity contribution is -0.186. The van der Waals surface area contributed by atoms with E-state index in [9.17, 15) is 19.5 Å². The van der Waals surface area contributed by atoms with Gasteiger partial charge >= 0.3 is 5.97 Å². The molecule has 234 valence electrons.